The lowest BCUT2D eigenvalue weighted by Gasteiger charge is -2.08. The summed E-state index contributed by atoms with van der Waals surface area (Å²) in [7, 11) is 0. The second kappa shape index (κ2) is 5.64. The molecule has 0 saturated carbocycles. The molecule has 0 aromatic carbocycles. The van der Waals surface area contributed by atoms with E-state index in [2.05, 4.69) is 4.98 Å². The van der Waals surface area contributed by atoms with Crippen molar-refractivity contribution in [3.05, 3.63) is 30.1 Å². The molecule has 0 bridgehead atoms. The van der Waals surface area contributed by atoms with Gasteiger partial charge in [0.1, 0.15) is 0 Å². The lowest BCUT2D eigenvalue weighted by molar-refractivity contribution is 0.109. The average molecular weight is 181 g/mol. The van der Waals surface area contributed by atoms with Gasteiger partial charge in [-0.2, -0.15) is 0 Å². The zero-order chi connectivity index (χ0) is 9.52. The molecule has 0 saturated heterocycles. The van der Waals surface area contributed by atoms with E-state index in [0.717, 1.165) is 5.56 Å². The number of pyridine rings is 1. The summed E-state index contributed by atoms with van der Waals surface area (Å²) in [6, 6.07) is 3.76. The van der Waals surface area contributed by atoms with Crippen molar-refractivity contribution in [3.63, 3.8) is 0 Å². The lowest BCUT2D eigenvalue weighted by Crippen LogP contribution is -2.34. The molecule has 4 nitrogen and oxygen atoms in total. The summed E-state index contributed by atoms with van der Waals surface area (Å²) in [5, 5.41) is 0. The van der Waals surface area contributed by atoms with Crippen LogP contribution in [-0.2, 0) is 11.3 Å². The summed E-state index contributed by atoms with van der Waals surface area (Å²) in [4.78, 5) is 3.97. The molecule has 0 fully saturated rings. The Bertz CT molecular complexity index is 228. The topological polar surface area (TPSA) is 74.2 Å². The number of hydrogen-bond acceptors (Lipinski definition) is 4. The molecule has 13 heavy (non-hydrogen) atoms. The first-order valence-corrected chi connectivity index (χ1v) is 4.25. The number of nitrogens with zero attached hydrogens (tertiary/aromatic N) is 1. The highest BCUT2D eigenvalue weighted by Crippen LogP contribution is 1.97. The van der Waals surface area contributed by atoms with Gasteiger partial charge in [0.25, 0.3) is 0 Å². The molecule has 1 aromatic rings. The molecule has 1 rings (SSSR count). The van der Waals surface area contributed by atoms with Crippen molar-refractivity contribution in [2.75, 3.05) is 13.2 Å². The number of aromatic nitrogens is 1. The Labute approximate surface area is 77.9 Å². The van der Waals surface area contributed by atoms with Gasteiger partial charge in [-0.3, -0.25) is 4.98 Å². The predicted molar refractivity (Wildman–Crippen MR) is 50.9 cm³/mol. The summed E-state index contributed by atoms with van der Waals surface area (Å²) < 4.78 is 5.33. The van der Waals surface area contributed by atoms with Crippen LogP contribution in [0.15, 0.2) is 24.5 Å². The maximum absolute atomic E-state index is 5.57. The van der Waals surface area contributed by atoms with E-state index in [9.17, 15) is 0 Å². The van der Waals surface area contributed by atoms with Crippen LogP contribution in [0.4, 0.5) is 0 Å². The Morgan fingerprint density at radius 1 is 1.54 bits per heavy atom. The first-order chi connectivity index (χ1) is 6.33. The maximum atomic E-state index is 5.57. The first-order valence-electron chi connectivity index (χ1n) is 4.25. The molecule has 1 heterocycles. The maximum Gasteiger partial charge on any atom is 0.0732 e. The van der Waals surface area contributed by atoms with E-state index < -0.39 is 0 Å². The molecule has 0 spiro atoms. The number of ether oxygens (including phenoxy) is 1. The van der Waals surface area contributed by atoms with Crippen molar-refractivity contribution in [1.82, 2.24) is 4.98 Å². The van der Waals surface area contributed by atoms with E-state index in [1.54, 1.807) is 12.4 Å². The molecule has 0 aliphatic heterocycles. The van der Waals surface area contributed by atoms with E-state index in [4.69, 9.17) is 16.2 Å². The smallest absolute Gasteiger partial charge is 0.0732 e. The Morgan fingerprint density at radius 3 is 3.00 bits per heavy atom. The molecule has 0 amide bonds. The highest BCUT2D eigenvalue weighted by atomic mass is 16.5. The second-order valence-electron chi connectivity index (χ2n) is 2.87. The fourth-order valence-electron chi connectivity index (χ4n) is 0.880. The van der Waals surface area contributed by atoms with Gasteiger partial charge in [-0.25, -0.2) is 0 Å². The number of rotatable bonds is 5. The third kappa shape index (κ3) is 3.98. The molecular weight excluding hydrogens is 166 g/mol. The van der Waals surface area contributed by atoms with Crippen molar-refractivity contribution in [2.45, 2.75) is 12.6 Å². The molecule has 0 aliphatic carbocycles. The average Bonchev–Trinajstić information content (AvgIpc) is 2.19. The van der Waals surface area contributed by atoms with Crippen molar-refractivity contribution in [2.24, 2.45) is 11.5 Å². The highest BCUT2D eigenvalue weighted by Gasteiger charge is 1.98. The third-order valence-electron chi connectivity index (χ3n) is 1.63. The molecule has 72 valence electrons. The molecule has 0 aliphatic rings. The molecule has 4 heteroatoms. The van der Waals surface area contributed by atoms with Crippen LogP contribution in [-0.4, -0.2) is 24.2 Å². The summed E-state index contributed by atoms with van der Waals surface area (Å²) in [6.07, 6.45) is 3.50. The number of nitrogens with two attached hydrogens (primary N) is 2. The minimum atomic E-state index is -0.0725. The van der Waals surface area contributed by atoms with E-state index >= 15 is 0 Å². The normalized spacial score (nSPS) is 12.8. The van der Waals surface area contributed by atoms with Crippen LogP contribution in [0.3, 0.4) is 0 Å². The largest absolute Gasteiger partial charge is 0.375 e. The molecule has 0 radical (unpaired) electrons. The van der Waals surface area contributed by atoms with Crippen LogP contribution < -0.4 is 11.5 Å². The van der Waals surface area contributed by atoms with Gasteiger partial charge in [-0.15, -0.1) is 0 Å². The van der Waals surface area contributed by atoms with Gasteiger partial charge < -0.3 is 16.2 Å². The first kappa shape index (κ1) is 10.1. The zero-order valence-electron chi connectivity index (χ0n) is 7.52. The van der Waals surface area contributed by atoms with Crippen molar-refractivity contribution >= 4 is 0 Å². The van der Waals surface area contributed by atoms with Crippen LogP contribution >= 0.6 is 0 Å². The van der Waals surface area contributed by atoms with Gasteiger partial charge in [-0.1, -0.05) is 6.07 Å². The van der Waals surface area contributed by atoms with Crippen LogP contribution in [0.25, 0.3) is 0 Å². The van der Waals surface area contributed by atoms with Crippen LogP contribution in [0.2, 0.25) is 0 Å². The van der Waals surface area contributed by atoms with Crippen molar-refractivity contribution in [3.8, 4) is 0 Å². The van der Waals surface area contributed by atoms with Crippen molar-refractivity contribution < 1.29 is 4.74 Å². The molecule has 1 atom stereocenters. The van der Waals surface area contributed by atoms with Crippen LogP contribution in [0, 0.1) is 0 Å². The van der Waals surface area contributed by atoms with E-state index in [1.807, 2.05) is 12.1 Å². The van der Waals surface area contributed by atoms with Gasteiger partial charge >= 0.3 is 0 Å². The Morgan fingerprint density at radius 2 is 2.38 bits per heavy atom. The van der Waals surface area contributed by atoms with E-state index in [1.165, 1.54) is 0 Å². The second-order valence-corrected chi connectivity index (χ2v) is 2.87. The van der Waals surface area contributed by atoms with Gasteiger partial charge in [-0.05, 0) is 11.6 Å². The predicted octanol–water partition coefficient (Wildman–Crippen LogP) is -0.116. The highest BCUT2D eigenvalue weighted by molar-refractivity contribution is 5.06. The minimum absolute atomic E-state index is 0.0725. The quantitative estimate of drug-likeness (QED) is 0.664. The Kier molecular flexibility index (Phi) is 4.39. The SMILES string of the molecule is NCC(N)COCc1cccnc1. The standard InChI is InChI=1S/C9H15N3O/c10-4-9(11)7-13-6-8-2-1-3-12-5-8/h1-3,5,9H,4,6-7,10-11H2. The lowest BCUT2D eigenvalue weighted by atomic mass is 10.3. The van der Waals surface area contributed by atoms with E-state index in [-0.39, 0.29) is 6.04 Å². The van der Waals surface area contributed by atoms with Gasteiger partial charge in [0.15, 0.2) is 0 Å². The zero-order valence-corrected chi connectivity index (χ0v) is 7.52. The van der Waals surface area contributed by atoms with Crippen LogP contribution in [0.5, 0.6) is 0 Å². The van der Waals surface area contributed by atoms with Gasteiger partial charge in [0.05, 0.1) is 13.2 Å². The van der Waals surface area contributed by atoms with Crippen molar-refractivity contribution in [1.29, 1.82) is 0 Å². The van der Waals surface area contributed by atoms with Gasteiger partial charge in [0, 0.05) is 25.0 Å². The molecule has 1 unspecified atom stereocenters. The monoisotopic (exact) mass is 181 g/mol. The summed E-state index contributed by atoms with van der Waals surface area (Å²) in [6.45, 7) is 1.49. The summed E-state index contributed by atoms with van der Waals surface area (Å²) in [5.74, 6) is 0. The molecular formula is C9H15N3O. The molecule has 1 aromatic heterocycles. The van der Waals surface area contributed by atoms with E-state index in [0.29, 0.717) is 19.8 Å². The number of hydrogen-bond donors (Lipinski definition) is 2. The molecule has 4 N–H and O–H groups in total. The fourth-order valence-corrected chi connectivity index (χ4v) is 0.880. The minimum Gasteiger partial charge on any atom is -0.375 e. The van der Waals surface area contributed by atoms with Crippen LogP contribution in [0.1, 0.15) is 5.56 Å². The Hall–Kier alpha value is -0.970. The summed E-state index contributed by atoms with van der Waals surface area (Å²) in [5.41, 5.74) is 12.0. The fraction of sp³-hybridized carbons (Fsp3) is 0.444. The van der Waals surface area contributed by atoms with Gasteiger partial charge in [0.2, 0.25) is 0 Å². The third-order valence-corrected chi connectivity index (χ3v) is 1.63. The summed E-state index contributed by atoms with van der Waals surface area (Å²) >= 11 is 0. The Balaban J connectivity index is 2.20.